The van der Waals surface area contributed by atoms with Crippen LogP contribution in [0.1, 0.15) is 12.7 Å². The SMILES string of the molecule is CCOc1ccc(NC(=O)CSc2nnc(Cn3cnc4ccccc43)n2-c2ccccc2)cc1. The third kappa shape index (κ3) is 5.20. The predicted octanol–water partition coefficient (Wildman–Crippen LogP) is 4.79. The summed E-state index contributed by atoms with van der Waals surface area (Å²) in [6, 6.07) is 25.2. The molecule has 0 saturated heterocycles. The number of thioether (sulfide) groups is 1. The minimum absolute atomic E-state index is 0.121. The number of benzene rings is 3. The number of ether oxygens (including phenoxy) is 1. The Bertz CT molecular complexity index is 1430. The summed E-state index contributed by atoms with van der Waals surface area (Å²) in [7, 11) is 0. The number of carbonyl (C=O) groups excluding carboxylic acids is 1. The van der Waals surface area contributed by atoms with Crippen molar-refractivity contribution in [3.63, 3.8) is 0 Å². The lowest BCUT2D eigenvalue weighted by Gasteiger charge is -2.11. The van der Waals surface area contributed by atoms with Crippen LogP contribution in [0.4, 0.5) is 5.69 Å². The lowest BCUT2D eigenvalue weighted by molar-refractivity contribution is -0.113. The summed E-state index contributed by atoms with van der Waals surface area (Å²) < 4.78 is 9.49. The van der Waals surface area contributed by atoms with Gasteiger partial charge in [-0.1, -0.05) is 42.1 Å². The van der Waals surface area contributed by atoms with Crippen LogP contribution < -0.4 is 10.1 Å². The number of hydrogen-bond acceptors (Lipinski definition) is 6. The molecule has 0 aliphatic rings. The molecule has 1 amide bonds. The molecular weight excluding hydrogens is 460 g/mol. The van der Waals surface area contributed by atoms with Crippen molar-refractivity contribution in [2.45, 2.75) is 18.6 Å². The first-order valence-electron chi connectivity index (χ1n) is 11.3. The van der Waals surface area contributed by atoms with E-state index in [0.29, 0.717) is 18.3 Å². The second-order valence-electron chi connectivity index (χ2n) is 7.73. The minimum atomic E-state index is -0.121. The first-order valence-corrected chi connectivity index (χ1v) is 12.2. The smallest absolute Gasteiger partial charge is 0.234 e. The number of nitrogens with zero attached hydrogens (tertiary/aromatic N) is 5. The number of carbonyl (C=O) groups is 1. The third-order valence-electron chi connectivity index (χ3n) is 5.34. The Balaban J connectivity index is 1.34. The number of aromatic nitrogens is 5. The van der Waals surface area contributed by atoms with Gasteiger partial charge in [0, 0.05) is 11.4 Å². The van der Waals surface area contributed by atoms with E-state index < -0.39 is 0 Å². The minimum Gasteiger partial charge on any atom is -0.494 e. The van der Waals surface area contributed by atoms with Crippen molar-refractivity contribution in [1.29, 1.82) is 0 Å². The molecule has 0 bridgehead atoms. The highest BCUT2D eigenvalue weighted by atomic mass is 32.2. The molecule has 0 spiro atoms. The Morgan fingerprint density at radius 3 is 2.54 bits per heavy atom. The molecule has 2 aromatic heterocycles. The van der Waals surface area contributed by atoms with Gasteiger partial charge >= 0.3 is 0 Å². The van der Waals surface area contributed by atoms with Gasteiger partial charge in [-0.25, -0.2) is 4.98 Å². The van der Waals surface area contributed by atoms with Crippen molar-refractivity contribution in [3.05, 3.63) is 91.0 Å². The topological polar surface area (TPSA) is 86.9 Å². The number of para-hydroxylation sites is 3. The molecule has 0 radical (unpaired) electrons. The standard InChI is InChI=1S/C26H24N6O2S/c1-2-34-21-14-12-19(13-15-21)28-25(33)17-35-26-30-29-24(32(26)20-8-4-3-5-9-20)16-31-18-27-22-10-6-7-11-23(22)31/h3-15,18H,2,16-17H2,1H3,(H,28,33). The fourth-order valence-electron chi connectivity index (χ4n) is 3.75. The molecule has 0 atom stereocenters. The lowest BCUT2D eigenvalue weighted by atomic mass is 10.3. The molecule has 5 aromatic rings. The highest BCUT2D eigenvalue weighted by Gasteiger charge is 2.17. The largest absolute Gasteiger partial charge is 0.494 e. The number of rotatable bonds is 9. The first kappa shape index (κ1) is 22.7. The maximum absolute atomic E-state index is 12.6. The monoisotopic (exact) mass is 484 g/mol. The molecule has 9 heteroatoms. The molecule has 2 heterocycles. The molecule has 1 N–H and O–H groups in total. The van der Waals surface area contributed by atoms with Gasteiger partial charge in [0.2, 0.25) is 5.91 Å². The fraction of sp³-hybridized carbons (Fsp3) is 0.154. The summed E-state index contributed by atoms with van der Waals surface area (Å²) in [6.45, 7) is 3.04. The van der Waals surface area contributed by atoms with E-state index in [2.05, 4.69) is 20.5 Å². The zero-order valence-electron chi connectivity index (χ0n) is 19.2. The van der Waals surface area contributed by atoms with Crippen LogP contribution in [0.5, 0.6) is 5.75 Å². The number of imidazole rings is 1. The van der Waals surface area contributed by atoms with Gasteiger partial charge in [-0.3, -0.25) is 9.36 Å². The first-order chi connectivity index (χ1) is 17.2. The van der Waals surface area contributed by atoms with E-state index in [1.165, 1.54) is 11.8 Å². The zero-order valence-corrected chi connectivity index (χ0v) is 20.0. The van der Waals surface area contributed by atoms with E-state index in [1.54, 1.807) is 0 Å². The fourth-order valence-corrected chi connectivity index (χ4v) is 4.52. The van der Waals surface area contributed by atoms with E-state index in [0.717, 1.165) is 34.0 Å². The van der Waals surface area contributed by atoms with Gasteiger partial charge in [0.1, 0.15) is 5.75 Å². The second kappa shape index (κ2) is 10.4. The van der Waals surface area contributed by atoms with Crippen molar-refractivity contribution >= 4 is 34.4 Å². The molecule has 5 rings (SSSR count). The molecule has 35 heavy (non-hydrogen) atoms. The summed E-state index contributed by atoms with van der Waals surface area (Å²) >= 11 is 1.35. The van der Waals surface area contributed by atoms with E-state index in [4.69, 9.17) is 4.74 Å². The average Bonchev–Trinajstić information content (AvgIpc) is 3.49. The molecule has 0 aliphatic carbocycles. The van der Waals surface area contributed by atoms with Crippen molar-refractivity contribution in [1.82, 2.24) is 24.3 Å². The number of hydrogen-bond donors (Lipinski definition) is 1. The van der Waals surface area contributed by atoms with Crippen LogP contribution in [0.2, 0.25) is 0 Å². The number of fused-ring (bicyclic) bond motifs is 1. The van der Waals surface area contributed by atoms with E-state index >= 15 is 0 Å². The van der Waals surface area contributed by atoms with Crippen LogP contribution >= 0.6 is 11.8 Å². The average molecular weight is 485 g/mol. The molecule has 8 nitrogen and oxygen atoms in total. The molecule has 0 unspecified atom stereocenters. The van der Waals surface area contributed by atoms with Crippen LogP contribution in [0, 0.1) is 0 Å². The molecule has 0 fully saturated rings. The Labute approximate surface area is 207 Å². The maximum Gasteiger partial charge on any atom is 0.234 e. The van der Waals surface area contributed by atoms with Crippen LogP contribution in [0.25, 0.3) is 16.7 Å². The molecule has 0 aliphatic heterocycles. The van der Waals surface area contributed by atoms with Crippen LogP contribution in [0.15, 0.2) is 90.3 Å². The normalized spacial score (nSPS) is 11.0. The summed E-state index contributed by atoms with van der Waals surface area (Å²) in [6.07, 6.45) is 1.81. The van der Waals surface area contributed by atoms with Gasteiger partial charge in [0.25, 0.3) is 0 Å². The number of amides is 1. The molecule has 0 saturated carbocycles. The summed E-state index contributed by atoms with van der Waals surface area (Å²) in [5.41, 5.74) is 3.61. The van der Waals surface area contributed by atoms with Crippen molar-refractivity contribution in [2.75, 3.05) is 17.7 Å². The molecule has 176 valence electrons. The Morgan fingerprint density at radius 1 is 0.971 bits per heavy atom. The van der Waals surface area contributed by atoms with Gasteiger partial charge < -0.3 is 14.6 Å². The van der Waals surface area contributed by atoms with Crippen LogP contribution in [-0.2, 0) is 11.3 Å². The molecule has 3 aromatic carbocycles. The van der Waals surface area contributed by atoms with Gasteiger partial charge in [-0.2, -0.15) is 0 Å². The Kier molecular flexibility index (Phi) is 6.76. The summed E-state index contributed by atoms with van der Waals surface area (Å²) in [5.74, 6) is 1.61. The highest BCUT2D eigenvalue weighted by molar-refractivity contribution is 7.99. The van der Waals surface area contributed by atoms with Gasteiger partial charge in [0.05, 0.1) is 36.3 Å². The summed E-state index contributed by atoms with van der Waals surface area (Å²) in [4.78, 5) is 17.1. The van der Waals surface area contributed by atoms with Crippen LogP contribution in [0.3, 0.4) is 0 Å². The predicted molar refractivity (Wildman–Crippen MR) is 137 cm³/mol. The van der Waals surface area contributed by atoms with Gasteiger partial charge in [-0.05, 0) is 55.5 Å². The Morgan fingerprint density at radius 2 is 1.74 bits per heavy atom. The van der Waals surface area contributed by atoms with Crippen molar-refractivity contribution < 1.29 is 9.53 Å². The zero-order chi connectivity index (χ0) is 24.0. The van der Waals surface area contributed by atoms with Gasteiger partial charge in [0.15, 0.2) is 11.0 Å². The van der Waals surface area contributed by atoms with E-state index in [-0.39, 0.29) is 11.7 Å². The van der Waals surface area contributed by atoms with E-state index in [9.17, 15) is 4.79 Å². The van der Waals surface area contributed by atoms with Crippen molar-refractivity contribution in [3.8, 4) is 11.4 Å². The highest BCUT2D eigenvalue weighted by Crippen LogP contribution is 2.24. The lowest BCUT2D eigenvalue weighted by Crippen LogP contribution is -2.14. The number of anilines is 1. The third-order valence-corrected chi connectivity index (χ3v) is 6.26. The van der Waals surface area contributed by atoms with E-state index in [1.807, 2.05) is 101 Å². The molecular formula is C26H24N6O2S. The Hall–Kier alpha value is -4.11. The number of nitrogens with one attached hydrogen (secondary N) is 1. The quantitative estimate of drug-likeness (QED) is 0.303. The van der Waals surface area contributed by atoms with Crippen LogP contribution in [-0.4, -0.2) is 42.6 Å². The maximum atomic E-state index is 12.6. The van der Waals surface area contributed by atoms with Gasteiger partial charge in [-0.15, -0.1) is 10.2 Å². The summed E-state index contributed by atoms with van der Waals surface area (Å²) in [5, 5.41) is 12.4. The van der Waals surface area contributed by atoms with Crippen molar-refractivity contribution in [2.24, 2.45) is 0 Å². The second-order valence-corrected chi connectivity index (χ2v) is 8.67.